The molecule has 0 amide bonds. The van der Waals surface area contributed by atoms with Crippen LogP contribution < -0.4 is 19.1 Å². The third-order valence-corrected chi connectivity index (χ3v) is 7.47. The van der Waals surface area contributed by atoms with Crippen LogP contribution in [0.4, 0.5) is 24.5 Å². The number of nitrogens with one attached hydrogen (secondary N) is 2. The van der Waals surface area contributed by atoms with Crippen LogP contribution in [0.5, 0.6) is 17.2 Å². The van der Waals surface area contributed by atoms with Gasteiger partial charge in [-0.25, -0.2) is 13.7 Å². The average Bonchev–Trinajstić information content (AvgIpc) is 2.83. The maximum Gasteiger partial charge on any atom is 0.573 e. The topological polar surface area (TPSA) is 104 Å². The molecule has 1 fully saturated rings. The SMILES string of the molecule is N=S(=O)(N[C@@H]1COC[C@H](N2c3ccccc3Oc3ccccc32)[C@@H]1O)c1ccc(OC(F)(F)F)cc1. The highest BCUT2D eigenvalue weighted by atomic mass is 32.2. The van der Waals surface area contributed by atoms with Crippen LogP contribution in [0.1, 0.15) is 0 Å². The first-order valence-electron chi connectivity index (χ1n) is 11.0. The molecule has 2 heterocycles. The summed E-state index contributed by atoms with van der Waals surface area (Å²) < 4.78 is 77.0. The molecule has 4 atom stereocenters. The lowest BCUT2D eigenvalue weighted by Gasteiger charge is -2.44. The minimum absolute atomic E-state index is 0.0174. The zero-order valence-electron chi connectivity index (χ0n) is 18.6. The van der Waals surface area contributed by atoms with Crippen molar-refractivity contribution < 1.29 is 36.7 Å². The van der Waals surface area contributed by atoms with Crippen molar-refractivity contribution in [3.63, 3.8) is 0 Å². The zero-order chi connectivity index (χ0) is 25.5. The van der Waals surface area contributed by atoms with Crippen molar-refractivity contribution >= 4 is 21.3 Å². The van der Waals surface area contributed by atoms with Crippen LogP contribution in [0.2, 0.25) is 0 Å². The number of halogens is 3. The quantitative estimate of drug-likeness (QED) is 0.455. The van der Waals surface area contributed by atoms with Gasteiger partial charge in [0, 0.05) is 0 Å². The number of anilines is 2. The lowest BCUT2D eigenvalue weighted by atomic mass is 9.98. The number of para-hydroxylation sites is 4. The number of aliphatic hydroxyl groups excluding tert-OH is 1. The number of nitrogens with zero attached hydrogens (tertiary/aromatic N) is 1. The number of hydrogen-bond acceptors (Lipinski definition) is 7. The fourth-order valence-corrected chi connectivity index (χ4v) is 5.61. The first kappa shape index (κ1) is 24.4. The Morgan fingerprint density at radius 2 is 1.56 bits per heavy atom. The Kier molecular flexibility index (Phi) is 6.29. The number of ether oxygens (including phenoxy) is 3. The first-order valence-corrected chi connectivity index (χ1v) is 12.5. The van der Waals surface area contributed by atoms with E-state index in [1.165, 1.54) is 0 Å². The molecule has 1 saturated heterocycles. The molecule has 2 aliphatic heterocycles. The van der Waals surface area contributed by atoms with Crippen molar-refractivity contribution in [2.75, 3.05) is 18.1 Å². The summed E-state index contributed by atoms with van der Waals surface area (Å²) in [6, 6.07) is 17.4. The molecule has 3 aromatic carbocycles. The highest BCUT2D eigenvalue weighted by Crippen LogP contribution is 2.48. The van der Waals surface area contributed by atoms with Crippen molar-refractivity contribution in [2.24, 2.45) is 0 Å². The van der Waals surface area contributed by atoms with E-state index in [2.05, 4.69) is 9.46 Å². The second-order valence-corrected chi connectivity index (χ2v) is 10.1. The molecule has 8 nitrogen and oxygen atoms in total. The Labute approximate surface area is 205 Å². The summed E-state index contributed by atoms with van der Waals surface area (Å²) in [6.07, 6.45) is -5.98. The van der Waals surface area contributed by atoms with Crippen LogP contribution in [-0.2, 0) is 14.7 Å². The molecule has 12 heteroatoms. The minimum Gasteiger partial charge on any atom is -0.453 e. The second-order valence-electron chi connectivity index (χ2n) is 8.30. The second kappa shape index (κ2) is 9.28. The van der Waals surface area contributed by atoms with E-state index in [9.17, 15) is 22.5 Å². The van der Waals surface area contributed by atoms with Crippen molar-refractivity contribution in [1.82, 2.24) is 4.72 Å². The summed E-state index contributed by atoms with van der Waals surface area (Å²) in [5.41, 5.74) is 1.44. The van der Waals surface area contributed by atoms with Gasteiger partial charge in [-0.1, -0.05) is 24.3 Å². The van der Waals surface area contributed by atoms with Gasteiger partial charge in [-0.2, -0.15) is 0 Å². The van der Waals surface area contributed by atoms with E-state index in [0.29, 0.717) is 11.5 Å². The van der Waals surface area contributed by atoms with E-state index < -0.39 is 40.2 Å². The van der Waals surface area contributed by atoms with Gasteiger partial charge < -0.3 is 24.2 Å². The lowest BCUT2D eigenvalue weighted by molar-refractivity contribution is -0.274. The molecule has 0 spiro atoms. The smallest absolute Gasteiger partial charge is 0.453 e. The molecule has 1 unspecified atom stereocenters. The van der Waals surface area contributed by atoms with Crippen LogP contribution in [0.15, 0.2) is 77.7 Å². The van der Waals surface area contributed by atoms with Gasteiger partial charge in [0.1, 0.15) is 15.7 Å². The molecule has 36 heavy (non-hydrogen) atoms. The number of rotatable bonds is 5. The molecule has 0 saturated carbocycles. The Balaban J connectivity index is 1.39. The summed E-state index contributed by atoms with van der Waals surface area (Å²) in [4.78, 5) is 1.84. The first-order chi connectivity index (χ1) is 17.1. The van der Waals surface area contributed by atoms with Crippen LogP contribution in [0.3, 0.4) is 0 Å². The summed E-state index contributed by atoms with van der Waals surface area (Å²) in [5, 5.41) is 11.3. The fraction of sp³-hybridized carbons (Fsp3) is 0.250. The van der Waals surface area contributed by atoms with E-state index >= 15 is 0 Å². The van der Waals surface area contributed by atoms with Gasteiger partial charge in [0.25, 0.3) is 0 Å². The van der Waals surface area contributed by atoms with E-state index in [4.69, 9.17) is 14.3 Å². The third kappa shape index (κ3) is 4.85. The summed E-state index contributed by atoms with van der Waals surface area (Å²) >= 11 is 0. The molecular formula is C24H22F3N3O5S. The molecular weight excluding hydrogens is 499 g/mol. The Bertz CT molecular complexity index is 1310. The lowest BCUT2D eigenvalue weighted by Crippen LogP contribution is -2.60. The van der Waals surface area contributed by atoms with E-state index in [0.717, 1.165) is 35.6 Å². The average molecular weight is 522 g/mol. The van der Waals surface area contributed by atoms with Crippen molar-refractivity contribution in [1.29, 1.82) is 4.78 Å². The molecule has 0 aliphatic carbocycles. The Morgan fingerprint density at radius 1 is 0.972 bits per heavy atom. The number of benzene rings is 3. The van der Waals surface area contributed by atoms with Crippen LogP contribution in [0, 0.1) is 4.78 Å². The predicted molar refractivity (Wildman–Crippen MR) is 125 cm³/mol. The van der Waals surface area contributed by atoms with Gasteiger partial charge in [-0.15, -0.1) is 13.2 Å². The number of alkyl halides is 3. The number of fused-ring (bicyclic) bond motifs is 2. The highest BCUT2D eigenvalue weighted by molar-refractivity contribution is 7.90. The minimum atomic E-state index is -4.86. The van der Waals surface area contributed by atoms with E-state index in [-0.39, 0.29) is 18.1 Å². The monoisotopic (exact) mass is 521 g/mol. The van der Waals surface area contributed by atoms with Gasteiger partial charge in [0.05, 0.1) is 47.7 Å². The van der Waals surface area contributed by atoms with Gasteiger partial charge in [0.15, 0.2) is 11.5 Å². The Morgan fingerprint density at radius 3 is 2.14 bits per heavy atom. The molecule has 2 aliphatic rings. The van der Waals surface area contributed by atoms with Crippen molar-refractivity contribution in [3.8, 4) is 17.2 Å². The maximum atomic E-state index is 13.2. The van der Waals surface area contributed by atoms with Crippen LogP contribution in [-0.4, -0.2) is 47.1 Å². The van der Waals surface area contributed by atoms with Crippen molar-refractivity contribution in [3.05, 3.63) is 72.8 Å². The van der Waals surface area contributed by atoms with Gasteiger partial charge in [0.2, 0.25) is 0 Å². The van der Waals surface area contributed by atoms with Crippen LogP contribution in [0.25, 0.3) is 0 Å². The summed E-state index contributed by atoms with van der Waals surface area (Å²) in [6.45, 7) is 0.140. The molecule has 5 rings (SSSR count). The zero-order valence-corrected chi connectivity index (χ0v) is 19.5. The van der Waals surface area contributed by atoms with Crippen LogP contribution >= 0.6 is 0 Å². The standard InChI is InChI=1S/C24H22F3N3O5S/c25-24(26,27)35-15-9-11-16(12-10-15)36(28,32)29-17-13-33-14-20(23(17)31)30-18-5-1-3-7-21(18)34-22-8-4-2-6-19(22)30/h1-12,17,20,23,31H,13-14H2,(H2,28,29,32)/t17-,20+,23-,36?/m1/s1. The van der Waals surface area contributed by atoms with E-state index in [1.54, 1.807) is 0 Å². The van der Waals surface area contributed by atoms with Gasteiger partial charge in [-0.3, -0.25) is 0 Å². The molecule has 190 valence electrons. The molecule has 3 N–H and O–H groups in total. The largest absolute Gasteiger partial charge is 0.573 e. The highest BCUT2D eigenvalue weighted by Gasteiger charge is 2.41. The normalized spacial score (nSPS) is 23.1. The van der Waals surface area contributed by atoms with Crippen molar-refractivity contribution in [2.45, 2.75) is 29.4 Å². The fourth-order valence-electron chi connectivity index (χ4n) is 4.32. The number of aliphatic hydroxyl groups is 1. The van der Waals surface area contributed by atoms with Gasteiger partial charge in [-0.05, 0) is 48.5 Å². The summed E-state index contributed by atoms with van der Waals surface area (Å²) in [7, 11) is -3.70. The summed E-state index contributed by atoms with van der Waals surface area (Å²) in [5.74, 6) is 0.708. The number of hydrogen-bond donors (Lipinski definition) is 3. The third-order valence-electron chi connectivity index (χ3n) is 5.90. The molecule has 3 aromatic rings. The molecule has 0 bridgehead atoms. The van der Waals surface area contributed by atoms with E-state index in [1.807, 2.05) is 53.4 Å². The molecule has 0 radical (unpaired) electrons. The predicted octanol–water partition coefficient (Wildman–Crippen LogP) is 4.57. The Hall–Kier alpha value is -3.32. The van der Waals surface area contributed by atoms with Gasteiger partial charge >= 0.3 is 6.36 Å². The molecule has 0 aromatic heterocycles. The maximum absolute atomic E-state index is 13.2.